The summed E-state index contributed by atoms with van der Waals surface area (Å²) in [4.78, 5) is 11.0. The van der Waals surface area contributed by atoms with Crippen molar-refractivity contribution in [2.45, 2.75) is 52.9 Å². The normalized spacial score (nSPS) is 15.9. The molecule has 2 N–H and O–H groups in total. The van der Waals surface area contributed by atoms with E-state index in [1.54, 1.807) is 6.92 Å². The molecule has 0 amide bonds. The van der Waals surface area contributed by atoms with Gasteiger partial charge in [0.2, 0.25) is 0 Å². The molecule has 3 heteroatoms. The summed E-state index contributed by atoms with van der Waals surface area (Å²) in [5, 5.41) is 19.4. The molecule has 0 fully saturated rings. The fourth-order valence-electron chi connectivity index (χ4n) is 3.11. The van der Waals surface area contributed by atoms with Crippen molar-refractivity contribution in [2.24, 2.45) is 5.92 Å². The van der Waals surface area contributed by atoms with Crippen LogP contribution in [-0.2, 0) is 24.1 Å². The summed E-state index contributed by atoms with van der Waals surface area (Å²) < 4.78 is 0. The molecule has 0 aromatic heterocycles. The van der Waals surface area contributed by atoms with Gasteiger partial charge in [-0.1, -0.05) is 6.92 Å². The lowest BCUT2D eigenvalue weighted by atomic mass is 9.81. The molecule has 1 aromatic rings. The number of carbonyl (C=O) groups is 1. The minimum absolute atomic E-state index is 0.311. The van der Waals surface area contributed by atoms with Crippen LogP contribution in [0.25, 0.3) is 0 Å². The Hall–Kier alpha value is -1.51. The van der Waals surface area contributed by atoms with Gasteiger partial charge in [0.15, 0.2) is 0 Å². The van der Waals surface area contributed by atoms with Gasteiger partial charge in [0.05, 0.1) is 5.92 Å². The van der Waals surface area contributed by atoms with E-state index in [1.807, 2.05) is 13.8 Å². The first-order valence-corrected chi connectivity index (χ1v) is 6.99. The molecule has 0 heterocycles. The third kappa shape index (κ3) is 2.46. The second kappa shape index (κ2) is 5.24. The van der Waals surface area contributed by atoms with Gasteiger partial charge in [0, 0.05) is 0 Å². The van der Waals surface area contributed by atoms with Gasteiger partial charge in [-0.2, -0.15) is 0 Å². The van der Waals surface area contributed by atoms with E-state index < -0.39 is 11.9 Å². The summed E-state index contributed by atoms with van der Waals surface area (Å²) in [5.74, 6) is -0.967. The molecule has 1 aliphatic rings. The molecule has 19 heavy (non-hydrogen) atoms. The zero-order chi connectivity index (χ0) is 14.2. The van der Waals surface area contributed by atoms with Crippen LogP contribution in [0, 0.1) is 19.8 Å². The minimum atomic E-state index is -0.811. The van der Waals surface area contributed by atoms with E-state index in [4.69, 9.17) is 5.11 Å². The highest BCUT2D eigenvalue weighted by atomic mass is 16.4. The Balaban J connectivity index is 2.49. The Morgan fingerprint density at radius 2 is 1.68 bits per heavy atom. The van der Waals surface area contributed by atoms with Crippen molar-refractivity contribution in [3.05, 3.63) is 27.8 Å². The summed E-state index contributed by atoms with van der Waals surface area (Å²) in [7, 11) is 0. The van der Waals surface area contributed by atoms with Crippen LogP contribution in [0.4, 0.5) is 0 Å². The van der Waals surface area contributed by atoms with E-state index in [9.17, 15) is 9.90 Å². The number of phenols is 1. The van der Waals surface area contributed by atoms with Crippen LogP contribution >= 0.6 is 0 Å². The van der Waals surface area contributed by atoms with Crippen LogP contribution in [0.15, 0.2) is 0 Å². The lowest BCUT2D eigenvalue weighted by Crippen LogP contribution is -2.16. The van der Waals surface area contributed by atoms with Gasteiger partial charge in [-0.25, -0.2) is 0 Å². The van der Waals surface area contributed by atoms with Crippen LogP contribution in [0.2, 0.25) is 0 Å². The van der Waals surface area contributed by atoms with E-state index in [0.717, 1.165) is 29.5 Å². The second-order valence-corrected chi connectivity index (χ2v) is 5.68. The highest BCUT2D eigenvalue weighted by Crippen LogP contribution is 2.37. The van der Waals surface area contributed by atoms with Crippen LogP contribution in [0.5, 0.6) is 5.75 Å². The monoisotopic (exact) mass is 262 g/mol. The third-order valence-electron chi connectivity index (χ3n) is 4.40. The van der Waals surface area contributed by atoms with E-state index in [0.29, 0.717) is 12.2 Å². The molecule has 0 saturated carbocycles. The Labute approximate surface area is 114 Å². The van der Waals surface area contributed by atoms with E-state index in [1.165, 1.54) is 24.0 Å². The Bertz CT molecular complexity index is 517. The smallest absolute Gasteiger partial charge is 0.306 e. The average molecular weight is 262 g/mol. The molecular weight excluding hydrogens is 240 g/mol. The fourth-order valence-corrected chi connectivity index (χ4v) is 3.11. The number of benzene rings is 1. The van der Waals surface area contributed by atoms with Gasteiger partial charge >= 0.3 is 5.97 Å². The largest absolute Gasteiger partial charge is 0.507 e. The Kier molecular flexibility index (Phi) is 3.83. The van der Waals surface area contributed by atoms with Crippen LogP contribution in [-0.4, -0.2) is 16.2 Å². The second-order valence-electron chi connectivity index (χ2n) is 5.68. The first-order valence-electron chi connectivity index (χ1n) is 6.99. The van der Waals surface area contributed by atoms with Crippen molar-refractivity contribution in [1.29, 1.82) is 0 Å². The standard InChI is InChI=1S/C16H22O3/c1-9(16(18)19)8-14-10(2)12-6-4-5-7-13(12)11(3)15(14)17/h9,17H,4-8H2,1-3H3,(H,18,19). The minimum Gasteiger partial charge on any atom is -0.507 e. The highest BCUT2D eigenvalue weighted by Gasteiger charge is 2.23. The number of phenolic OH excluding ortho intramolecular Hbond substituents is 1. The number of fused-ring (bicyclic) bond motifs is 1. The molecule has 104 valence electrons. The maximum Gasteiger partial charge on any atom is 0.306 e. The molecule has 0 saturated heterocycles. The van der Waals surface area contributed by atoms with Crippen molar-refractivity contribution in [2.75, 3.05) is 0 Å². The lowest BCUT2D eigenvalue weighted by molar-refractivity contribution is -0.141. The SMILES string of the molecule is Cc1c(O)c(CC(C)C(=O)O)c(C)c2c1CCCC2. The van der Waals surface area contributed by atoms with Crippen LogP contribution in [0.1, 0.15) is 47.6 Å². The number of hydrogen-bond donors (Lipinski definition) is 2. The first kappa shape index (κ1) is 13.9. The van der Waals surface area contributed by atoms with Crippen molar-refractivity contribution in [1.82, 2.24) is 0 Å². The van der Waals surface area contributed by atoms with E-state index >= 15 is 0 Å². The first-order chi connectivity index (χ1) is 8.93. The molecule has 0 aliphatic heterocycles. The Morgan fingerprint density at radius 3 is 2.21 bits per heavy atom. The number of aromatic hydroxyl groups is 1. The van der Waals surface area contributed by atoms with Gasteiger partial charge in [-0.05, 0) is 73.8 Å². The van der Waals surface area contributed by atoms with Gasteiger partial charge in [0.25, 0.3) is 0 Å². The molecule has 1 unspecified atom stereocenters. The molecule has 2 rings (SSSR count). The summed E-state index contributed by atoms with van der Waals surface area (Å²) in [6, 6.07) is 0. The zero-order valence-electron chi connectivity index (χ0n) is 11.9. The molecular formula is C16H22O3. The predicted molar refractivity (Wildman–Crippen MR) is 74.7 cm³/mol. The molecule has 3 nitrogen and oxygen atoms in total. The summed E-state index contributed by atoms with van der Waals surface area (Å²) >= 11 is 0. The highest BCUT2D eigenvalue weighted by molar-refractivity contribution is 5.70. The van der Waals surface area contributed by atoms with Gasteiger partial charge in [-0.3, -0.25) is 4.79 Å². The molecule has 0 spiro atoms. The molecule has 0 radical (unpaired) electrons. The van der Waals surface area contributed by atoms with Gasteiger partial charge < -0.3 is 10.2 Å². The molecule has 0 bridgehead atoms. The van der Waals surface area contributed by atoms with Crippen molar-refractivity contribution in [3.63, 3.8) is 0 Å². The van der Waals surface area contributed by atoms with E-state index in [-0.39, 0.29) is 0 Å². The average Bonchev–Trinajstić information content (AvgIpc) is 2.40. The third-order valence-corrected chi connectivity index (χ3v) is 4.40. The zero-order valence-corrected chi connectivity index (χ0v) is 11.9. The number of carboxylic acids is 1. The topological polar surface area (TPSA) is 57.5 Å². The predicted octanol–water partition coefficient (Wildman–Crippen LogP) is 3.15. The summed E-state index contributed by atoms with van der Waals surface area (Å²) in [6.07, 6.45) is 4.85. The number of aliphatic carboxylic acids is 1. The maximum atomic E-state index is 11.0. The quantitative estimate of drug-likeness (QED) is 0.879. The van der Waals surface area contributed by atoms with Crippen molar-refractivity contribution in [3.8, 4) is 5.75 Å². The summed E-state index contributed by atoms with van der Waals surface area (Å²) in [5.41, 5.74) is 5.51. The maximum absolute atomic E-state index is 11.0. The molecule has 1 aliphatic carbocycles. The lowest BCUT2D eigenvalue weighted by Gasteiger charge is -2.25. The summed E-state index contributed by atoms with van der Waals surface area (Å²) in [6.45, 7) is 5.66. The number of hydrogen-bond acceptors (Lipinski definition) is 2. The van der Waals surface area contributed by atoms with Crippen LogP contribution < -0.4 is 0 Å². The Morgan fingerprint density at radius 1 is 1.16 bits per heavy atom. The van der Waals surface area contributed by atoms with Crippen molar-refractivity contribution < 1.29 is 15.0 Å². The van der Waals surface area contributed by atoms with Crippen molar-refractivity contribution >= 4 is 5.97 Å². The molecule has 1 aromatic carbocycles. The number of rotatable bonds is 3. The number of carboxylic acid groups (broad SMARTS) is 1. The van der Waals surface area contributed by atoms with Crippen LogP contribution in [0.3, 0.4) is 0 Å². The fraction of sp³-hybridized carbons (Fsp3) is 0.562. The molecule has 1 atom stereocenters. The van der Waals surface area contributed by atoms with E-state index in [2.05, 4.69) is 0 Å². The van der Waals surface area contributed by atoms with Gasteiger partial charge in [-0.15, -0.1) is 0 Å². The van der Waals surface area contributed by atoms with Gasteiger partial charge in [0.1, 0.15) is 5.75 Å².